The molecular formula is C38H50N6O7S. The lowest BCUT2D eigenvalue weighted by Gasteiger charge is -2.34. The Bertz CT molecular complexity index is 1800. The number of carbonyl (C=O) groups is 3. The number of imide groups is 1. The number of urea groups is 1. The van der Waals surface area contributed by atoms with Crippen LogP contribution in [-0.2, 0) is 39.1 Å². The molecule has 1 aliphatic heterocycles. The molecule has 4 N–H and O–H groups in total. The number of rotatable bonds is 18. The molecule has 0 radical (unpaired) electrons. The Labute approximate surface area is 306 Å². The molecule has 13 nitrogen and oxygen atoms in total. The molecule has 0 saturated carbocycles. The molecule has 1 aliphatic rings. The van der Waals surface area contributed by atoms with Gasteiger partial charge in [-0.25, -0.2) is 13.2 Å². The highest BCUT2D eigenvalue weighted by Crippen LogP contribution is 2.24. The Morgan fingerprint density at radius 2 is 1.60 bits per heavy atom. The zero-order valence-corrected chi connectivity index (χ0v) is 31.2. The minimum Gasteiger partial charge on any atom is -0.411 e. The van der Waals surface area contributed by atoms with E-state index in [4.69, 9.17) is 5.21 Å². The third-order valence-electron chi connectivity index (χ3n) is 8.81. The maximum atomic E-state index is 14.2. The summed E-state index contributed by atoms with van der Waals surface area (Å²) in [5.74, 6) is -1.48. The van der Waals surface area contributed by atoms with Crippen LogP contribution in [0.2, 0.25) is 0 Å². The van der Waals surface area contributed by atoms with Crippen LogP contribution in [0.1, 0.15) is 49.9 Å². The number of hydrogen-bond acceptors (Lipinski definition) is 9. The predicted molar refractivity (Wildman–Crippen MR) is 198 cm³/mol. The van der Waals surface area contributed by atoms with Gasteiger partial charge in [-0.15, -0.1) is 0 Å². The SMILES string of the molecule is CNCc1cccc(CN2C(=O)CN([C@H](C(=O)N[C@@H](Cc3ccccc3)[C@H](O)CN(CC(C)C)S(=O)(=O)c3ccc(/C=N\O)cc3)C(C)C)C2=O)c1. The Kier molecular flexibility index (Phi) is 14.1. The molecule has 3 aromatic rings. The Hall–Kier alpha value is -4.63. The Morgan fingerprint density at radius 1 is 0.942 bits per heavy atom. The van der Waals surface area contributed by atoms with Crippen LogP contribution >= 0.6 is 0 Å². The van der Waals surface area contributed by atoms with Gasteiger partial charge in [0.15, 0.2) is 0 Å². The third-order valence-corrected chi connectivity index (χ3v) is 10.7. The molecule has 1 saturated heterocycles. The van der Waals surface area contributed by atoms with Gasteiger partial charge in [0, 0.05) is 19.6 Å². The molecule has 0 aromatic heterocycles. The van der Waals surface area contributed by atoms with E-state index in [1.807, 2.05) is 75.5 Å². The lowest BCUT2D eigenvalue weighted by atomic mass is 9.97. The maximum Gasteiger partial charge on any atom is 0.328 e. The summed E-state index contributed by atoms with van der Waals surface area (Å²) in [6, 6.07) is 20.0. The normalized spacial score (nSPS) is 15.6. The van der Waals surface area contributed by atoms with Gasteiger partial charge in [0.2, 0.25) is 15.9 Å². The predicted octanol–water partition coefficient (Wildman–Crippen LogP) is 3.44. The van der Waals surface area contributed by atoms with Crippen molar-refractivity contribution >= 4 is 34.1 Å². The number of nitrogens with zero attached hydrogens (tertiary/aromatic N) is 4. The summed E-state index contributed by atoms with van der Waals surface area (Å²) < 4.78 is 29.0. The van der Waals surface area contributed by atoms with E-state index in [1.165, 1.54) is 39.7 Å². The van der Waals surface area contributed by atoms with Crippen molar-refractivity contribution in [3.63, 3.8) is 0 Å². The lowest BCUT2D eigenvalue weighted by Crippen LogP contribution is -2.57. The van der Waals surface area contributed by atoms with Crippen molar-refractivity contribution in [3.8, 4) is 0 Å². The number of benzene rings is 3. The monoisotopic (exact) mass is 734 g/mol. The number of aliphatic hydroxyl groups is 1. The molecule has 52 heavy (non-hydrogen) atoms. The van der Waals surface area contributed by atoms with Crippen molar-refractivity contribution in [2.75, 3.05) is 26.7 Å². The molecule has 280 valence electrons. The van der Waals surface area contributed by atoms with Crippen molar-refractivity contribution < 1.29 is 33.1 Å². The number of aliphatic hydroxyl groups excluding tert-OH is 1. The van der Waals surface area contributed by atoms with Crippen LogP contribution in [0.3, 0.4) is 0 Å². The van der Waals surface area contributed by atoms with E-state index >= 15 is 0 Å². The number of sulfonamides is 1. The van der Waals surface area contributed by atoms with Crippen molar-refractivity contribution in [2.24, 2.45) is 17.0 Å². The first-order valence-electron chi connectivity index (χ1n) is 17.4. The molecule has 4 amide bonds. The first-order valence-corrected chi connectivity index (χ1v) is 18.8. The first kappa shape index (κ1) is 40.1. The maximum absolute atomic E-state index is 14.2. The van der Waals surface area contributed by atoms with Crippen LogP contribution in [0.4, 0.5) is 4.79 Å². The van der Waals surface area contributed by atoms with Gasteiger partial charge in [-0.2, -0.15) is 4.31 Å². The average molecular weight is 735 g/mol. The van der Waals surface area contributed by atoms with E-state index in [2.05, 4.69) is 15.8 Å². The molecule has 0 bridgehead atoms. The van der Waals surface area contributed by atoms with Gasteiger partial charge in [0.05, 0.1) is 29.8 Å². The highest BCUT2D eigenvalue weighted by atomic mass is 32.2. The summed E-state index contributed by atoms with van der Waals surface area (Å²) in [7, 11) is -2.27. The lowest BCUT2D eigenvalue weighted by molar-refractivity contribution is -0.129. The third kappa shape index (κ3) is 10.2. The molecule has 0 aliphatic carbocycles. The van der Waals surface area contributed by atoms with E-state index in [9.17, 15) is 27.9 Å². The molecule has 4 rings (SSSR count). The van der Waals surface area contributed by atoms with E-state index in [0.29, 0.717) is 12.1 Å². The van der Waals surface area contributed by atoms with Crippen molar-refractivity contribution in [3.05, 3.63) is 101 Å². The average Bonchev–Trinajstić information content (AvgIpc) is 3.36. The van der Waals surface area contributed by atoms with Gasteiger partial charge in [0.25, 0.3) is 5.91 Å². The molecule has 3 aromatic carbocycles. The smallest absolute Gasteiger partial charge is 0.328 e. The number of oxime groups is 1. The standard InChI is InChI=1S/C38H50N6O7S/c1-26(2)22-42(52(50,51)32-16-14-29(15-17-32)21-40-49)24-34(45)33(19-28-10-7-6-8-11-28)41-37(47)36(27(3)4)44-25-35(46)43(38(44)48)23-31-13-9-12-30(18-31)20-39-5/h6-18,21,26-27,33-34,36,39,45,49H,19-20,22-25H2,1-5H3,(H,41,47)/b40-21-/t33-,34+,36-/m0/s1. The second-order valence-corrected chi connectivity index (χ2v) is 15.8. The minimum absolute atomic E-state index is 0.00511. The van der Waals surface area contributed by atoms with Crippen LogP contribution in [0.15, 0.2) is 88.9 Å². The quantitative estimate of drug-likeness (QED) is 0.0667. The first-order chi connectivity index (χ1) is 24.7. The molecule has 1 heterocycles. The van der Waals surface area contributed by atoms with Crippen LogP contribution in [0.25, 0.3) is 0 Å². The second kappa shape index (κ2) is 18.2. The summed E-state index contributed by atoms with van der Waals surface area (Å²) in [6.45, 7) is 7.47. The van der Waals surface area contributed by atoms with Crippen LogP contribution in [0, 0.1) is 11.8 Å². The molecule has 0 spiro atoms. The fraction of sp³-hybridized carbons (Fsp3) is 0.421. The van der Waals surface area contributed by atoms with Gasteiger partial charge in [0.1, 0.15) is 12.6 Å². The zero-order chi connectivity index (χ0) is 38.0. The molecule has 14 heteroatoms. The van der Waals surface area contributed by atoms with E-state index in [-0.39, 0.29) is 43.4 Å². The molecule has 0 unspecified atom stereocenters. The summed E-state index contributed by atoms with van der Waals surface area (Å²) in [4.78, 5) is 43.5. The summed E-state index contributed by atoms with van der Waals surface area (Å²) in [5, 5.41) is 29.6. The fourth-order valence-electron chi connectivity index (χ4n) is 6.34. The molecule has 1 fully saturated rings. The van der Waals surface area contributed by atoms with Gasteiger partial charge in [-0.3, -0.25) is 14.5 Å². The largest absolute Gasteiger partial charge is 0.411 e. The summed E-state index contributed by atoms with van der Waals surface area (Å²) in [5.41, 5.74) is 3.08. The topological polar surface area (TPSA) is 172 Å². The molecule has 3 atom stereocenters. The highest BCUT2D eigenvalue weighted by molar-refractivity contribution is 7.89. The fourth-order valence-corrected chi connectivity index (χ4v) is 7.96. The summed E-state index contributed by atoms with van der Waals surface area (Å²) in [6.07, 6.45) is -0.00464. The van der Waals surface area contributed by atoms with E-state index in [1.54, 1.807) is 13.8 Å². The number of carbonyl (C=O) groups excluding carboxylic acids is 3. The summed E-state index contributed by atoms with van der Waals surface area (Å²) >= 11 is 0. The van der Waals surface area contributed by atoms with E-state index < -0.39 is 52.0 Å². The number of hydrogen-bond donors (Lipinski definition) is 4. The van der Waals surface area contributed by atoms with Gasteiger partial charge >= 0.3 is 6.03 Å². The van der Waals surface area contributed by atoms with Crippen molar-refractivity contribution in [1.82, 2.24) is 24.7 Å². The van der Waals surface area contributed by atoms with Gasteiger partial charge < -0.3 is 25.8 Å². The van der Waals surface area contributed by atoms with Crippen LogP contribution in [-0.4, -0.2) is 102 Å². The van der Waals surface area contributed by atoms with Gasteiger partial charge in [-0.05, 0) is 59.7 Å². The van der Waals surface area contributed by atoms with E-state index in [0.717, 1.165) is 21.6 Å². The van der Waals surface area contributed by atoms with Crippen LogP contribution in [0.5, 0.6) is 0 Å². The number of amides is 4. The van der Waals surface area contributed by atoms with Gasteiger partial charge in [-0.1, -0.05) is 99.6 Å². The molecular weight excluding hydrogens is 685 g/mol. The Balaban J connectivity index is 1.58. The van der Waals surface area contributed by atoms with Crippen molar-refractivity contribution in [1.29, 1.82) is 0 Å². The minimum atomic E-state index is -4.10. The van der Waals surface area contributed by atoms with Crippen LogP contribution < -0.4 is 10.6 Å². The number of nitrogens with one attached hydrogen (secondary N) is 2. The Morgan fingerprint density at radius 3 is 2.21 bits per heavy atom. The highest BCUT2D eigenvalue weighted by Gasteiger charge is 2.44. The van der Waals surface area contributed by atoms with Crippen molar-refractivity contribution in [2.45, 2.75) is 70.3 Å². The second-order valence-electron chi connectivity index (χ2n) is 13.8. The zero-order valence-electron chi connectivity index (χ0n) is 30.3.